The third-order valence-electron chi connectivity index (χ3n) is 3.24. The molecule has 0 radical (unpaired) electrons. The van der Waals surface area contributed by atoms with Crippen LogP contribution in [-0.2, 0) is 16.6 Å². The maximum Gasteiger partial charge on any atom is 0.211 e. The van der Waals surface area contributed by atoms with Gasteiger partial charge >= 0.3 is 0 Å². The smallest absolute Gasteiger partial charge is 0.211 e. The molecule has 5 nitrogen and oxygen atoms in total. The van der Waals surface area contributed by atoms with Crippen molar-refractivity contribution in [1.29, 1.82) is 0 Å². The van der Waals surface area contributed by atoms with Crippen molar-refractivity contribution < 1.29 is 8.42 Å². The molecule has 0 unspecified atom stereocenters. The van der Waals surface area contributed by atoms with Crippen molar-refractivity contribution in [3.63, 3.8) is 0 Å². The summed E-state index contributed by atoms with van der Waals surface area (Å²) in [6.07, 6.45) is 6.61. The van der Waals surface area contributed by atoms with Gasteiger partial charge in [-0.25, -0.2) is 12.7 Å². The van der Waals surface area contributed by atoms with Crippen LogP contribution in [0.5, 0.6) is 0 Å². The van der Waals surface area contributed by atoms with Crippen molar-refractivity contribution in [3.05, 3.63) is 30.1 Å². The fraction of sp³-hybridized carbons (Fsp3) is 0.583. The van der Waals surface area contributed by atoms with E-state index in [4.69, 9.17) is 0 Å². The quantitative estimate of drug-likeness (QED) is 0.869. The molecule has 0 amide bonds. The van der Waals surface area contributed by atoms with Gasteiger partial charge in [0.25, 0.3) is 0 Å². The molecule has 1 aromatic rings. The molecule has 2 rings (SSSR count). The zero-order chi connectivity index (χ0) is 13.0. The zero-order valence-electron chi connectivity index (χ0n) is 10.5. The zero-order valence-corrected chi connectivity index (χ0v) is 11.4. The second-order valence-corrected chi connectivity index (χ2v) is 6.66. The molecule has 100 valence electrons. The Balaban J connectivity index is 1.78. The summed E-state index contributed by atoms with van der Waals surface area (Å²) in [5.41, 5.74) is 1.16. The normalized spacial score (nSPS) is 18.9. The van der Waals surface area contributed by atoms with E-state index >= 15 is 0 Å². The molecule has 1 saturated heterocycles. The molecular weight excluding hydrogens is 250 g/mol. The van der Waals surface area contributed by atoms with Crippen LogP contribution in [0.1, 0.15) is 18.4 Å². The lowest BCUT2D eigenvalue weighted by Gasteiger charge is -2.30. The third-order valence-corrected chi connectivity index (χ3v) is 4.54. The minimum absolute atomic E-state index is 0.392. The molecule has 0 aromatic carbocycles. The summed E-state index contributed by atoms with van der Waals surface area (Å²) in [5, 5.41) is 3.45. The summed E-state index contributed by atoms with van der Waals surface area (Å²) < 4.78 is 24.3. The van der Waals surface area contributed by atoms with Crippen molar-refractivity contribution in [3.8, 4) is 0 Å². The van der Waals surface area contributed by atoms with E-state index in [1.54, 1.807) is 10.5 Å². The molecule has 1 N–H and O–H groups in total. The van der Waals surface area contributed by atoms with Crippen LogP contribution in [-0.4, -0.2) is 43.1 Å². The Morgan fingerprint density at radius 2 is 2.17 bits per heavy atom. The SMILES string of the molecule is CS(=O)(=O)N1CCC(NCc2cccnc2)CC1. The van der Waals surface area contributed by atoms with Crippen molar-refractivity contribution in [2.24, 2.45) is 0 Å². The molecule has 0 bridgehead atoms. The molecule has 1 fully saturated rings. The van der Waals surface area contributed by atoms with Gasteiger partial charge in [-0.05, 0) is 24.5 Å². The van der Waals surface area contributed by atoms with Gasteiger partial charge in [0.1, 0.15) is 0 Å². The Morgan fingerprint density at radius 3 is 2.72 bits per heavy atom. The molecule has 0 atom stereocenters. The van der Waals surface area contributed by atoms with Gasteiger partial charge in [0.2, 0.25) is 10.0 Å². The van der Waals surface area contributed by atoms with Crippen molar-refractivity contribution in [1.82, 2.24) is 14.6 Å². The second-order valence-electron chi connectivity index (χ2n) is 4.68. The molecule has 2 heterocycles. The van der Waals surface area contributed by atoms with E-state index in [9.17, 15) is 8.42 Å². The van der Waals surface area contributed by atoms with Crippen molar-refractivity contribution in [2.75, 3.05) is 19.3 Å². The number of hydrogen-bond donors (Lipinski definition) is 1. The lowest BCUT2D eigenvalue weighted by atomic mass is 10.1. The van der Waals surface area contributed by atoms with E-state index in [1.165, 1.54) is 6.26 Å². The number of aromatic nitrogens is 1. The average Bonchev–Trinajstić information content (AvgIpc) is 2.37. The van der Waals surface area contributed by atoms with Crippen LogP contribution in [0.3, 0.4) is 0 Å². The van der Waals surface area contributed by atoms with Gasteiger partial charge in [-0.1, -0.05) is 6.07 Å². The number of rotatable bonds is 4. The fourth-order valence-electron chi connectivity index (χ4n) is 2.16. The largest absolute Gasteiger partial charge is 0.310 e. The van der Waals surface area contributed by atoms with Crippen molar-refractivity contribution in [2.45, 2.75) is 25.4 Å². The van der Waals surface area contributed by atoms with Gasteiger partial charge in [-0.15, -0.1) is 0 Å². The minimum Gasteiger partial charge on any atom is -0.310 e. The van der Waals surface area contributed by atoms with E-state index in [2.05, 4.69) is 10.3 Å². The van der Waals surface area contributed by atoms with Gasteiger partial charge in [-0.2, -0.15) is 0 Å². The predicted octanol–water partition coefficient (Wildman–Crippen LogP) is 0.595. The highest BCUT2D eigenvalue weighted by Crippen LogP contribution is 2.13. The monoisotopic (exact) mass is 269 g/mol. The molecule has 0 spiro atoms. The maximum absolute atomic E-state index is 11.4. The van der Waals surface area contributed by atoms with E-state index in [0.717, 1.165) is 24.9 Å². The van der Waals surface area contributed by atoms with E-state index < -0.39 is 10.0 Å². The Hall–Kier alpha value is -0.980. The fourth-order valence-corrected chi connectivity index (χ4v) is 3.03. The van der Waals surface area contributed by atoms with Gasteiger partial charge in [-0.3, -0.25) is 4.98 Å². The topological polar surface area (TPSA) is 62.3 Å². The first-order valence-electron chi connectivity index (χ1n) is 6.13. The summed E-state index contributed by atoms with van der Waals surface area (Å²) in [6.45, 7) is 2.02. The summed E-state index contributed by atoms with van der Waals surface area (Å²) in [5.74, 6) is 0. The van der Waals surface area contributed by atoms with Crippen LogP contribution >= 0.6 is 0 Å². The highest BCUT2D eigenvalue weighted by molar-refractivity contribution is 7.88. The van der Waals surface area contributed by atoms with E-state index in [-0.39, 0.29) is 0 Å². The average molecular weight is 269 g/mol. The Labute approximate surface area is 108 Å². The number of nitrogens with zero attached hydrogens (tertiary/aromatic N) is 2. The summed E-state index contributed by atoms with van der Waals surface area (Å²) >= 11 is 0. The van der Waals surface area contributed by atoms with Crippen LogP contribution in [0.15, 0.2) is 24.5 Å². The lowest BCUT2D eigenvalue weighted by Crippen LogP contribution is -2.44. The van der Waals surface area contributed by atoms with Crippen LogP contribution in [0.4, 0.5) is 0 Å². The summed E-state index contributed by atoms with van der Waals surface area (Å²) in [6, 6.07) is 4.35. The van der Waals surface area contributed by atoms with Crippen LogP contribution in [0, 0.1) is 0 Å². The first-order chi connectivity index (χ1) is 8.55. The third kappa shape index (κ3) is 3.76. The summed E-state index contributed by atoms with van der Waals surface area (Å²) in [4.78, 5) is 4.07. The first-order valence-corrected chi connectivity index (χ1v) is 7.98. The van der Waals surface area contributed by atoms with Crippen LogP contribution in [0.25, 0.3) is 0 Å². The molecule has 0 aliphatic carbocycles. The molecular formula is C12H19N3O2S. The summed E-state index contributed by atoms with van der Waals surface area (Å²) in [7, 11) is -3.02. The molecule has 6 heteroatoms. The van der Waals surface area contributed by atoms with Gasteiger partial charge in [0.05, 0.1) is 6.26 Å². The lowest BCUT2D eigenvalue weighted by molar-refractivity contribution is 0.290. The number of nitrogens with one attached hydrogen (secondary N) is 1. The molecule has 18 heavy (non-hydrogen) atoms. The van der Waals surface area contributed by atoms with Crippen molar-refractivity contribution >= 4 is 10.0 Å². The highest BCUT2D eigenvalue weighted by Gasteiger charge is 2.24. The van der Waals surface area contributed by atoms with Crippen LogP contribution < -0.4 is 5.32 Å². The first kappa shape index (κ1) is 13.5. The Morgan fingerprint density at radius 1 is 1.44 bits per heavy atom. The standard InChI is InChI=1S/C12H19N3O2S/c1-18(16,17)15-7-4-12(5-8-15)14-10-11-3-2-6-13-9-11/h2-3,6,9,12,14H,4-5,7-8,10H2,1H3. The number of hydrogen-bond acceptors (Lipinski definition) is 4. The van der Waals surface area contributed by atoms with Gasteiger partial charge < -0.3 is 5.32 Å². The Bertz CT molecular complexity index is 467. The maximum atomic E-state index is 11.4. The molecule has 0 saturated carbocycles. The predicted molar refractivity (Wildman–Crippen MR) is 70.5 cm³/mol. The minimum atomic E-state index is -3.02. The van der Waals surface area contributed by atoms with E-state index in [0.29, 0.717) is 19.1 Å². The number of piperidine rings is 1. The van der Waals surface area contributed by atoms with Gasteiger partial charge in [0, 0.05) is 38.1 Å². The van der Waals surface area contributed by atoms with Crippen LogP contribution in [0.2, 0.25) is 0 Å². The number of pyridine rings is 1. The highest BCUT2D eigenvalue weighted by atomic mass is 32.2. The molecule has 1 aliphatic heterocycles. The Kier molecular flexibility index (Phi) is 4.31. The molecule has 1 aromatic heterocycles. The van der Waals surface area contributed by atoms with Gasteiger partial charge in [0.15, 0.2) is 0 Å². The molecule has 1 aliphatic rings. The van der Waals surface area contributed by atoms with E-state index in [1.807, 2.05) is 18.3 Å². The number of sulfonamides is 1. The second kappa shape index (κ2) is 5.77.